The van der Waals surface area contributed by atoms with Gasteiger partial charge in [-0.05, 0) is 41.5 Å². The molecule has 4 N–H and O–H groups in total. The lowest BCUT2D eigenvalue weighted by Gasteiger charge is -2.12. The highest BCUT2D eigenvalue weighted by molar-refractivity contribution is 5.73. The smallest absolute Gasteiger partial charge is 0.252 e. The molecule has 3 aromatic rings. The number of rotatable bonds is 4. The zero-order chi connectivity index (χ0) is 19.8. The van der Waals surface area contributed by atoms with E-state index in [1.807, 2.05) is 62.4 Å². The Balaban J connectivity index is 0.00000127. The van der Waals surface area contributed by atoms with Crippen LogP contribution >= 0.6 is 0 Å². The highest BCUT2D eigenvalue weighted by Crippen LogP contribution is 2.32. The number of nitrogen functional groups attached to an aromatic ring is 1. The first-order chi connectivity index (χ1) is 13.1. The highest BCUT2D eigenvalue weighted by atomic mass is 16.5. The molecular weight excluding hydrogens is 354 g/mol. The third kappa shape index (κ3) is 5.22. The molecule has 0 amide bonds. The zero-order valence-corrected chi connectivity index (χ0v) is 16.3. The Morgan fingerprint density at radius 3 is 2.46 bits per heavy atom. The number of nitrogens with zero attached hydrogens (tertiary/aromatic N) is 2. The van der Waals surface area contributed by atoms with Gasteiger partial charge < -0.3 is 20.5 Å². The molecule has 0 aliphatic rings. The molecule has 0 aliphatic heterocycles. The minimum absolute atomic E-state index is 0. The normalized spacial score (nSPS) is 9.36. The molecule has 0 atom stereocenters. The van der Waals surface area contributed by atoms with Crippen molar-refractivity contribution in [2.24, 2.45) is 0 Å². The van der Waals surface area contributed by atoms with E-state index in [1.165, 1.54) is 6.07 Å². The van der Waals surface area contributed by atoms with Gasteiger partial charge in [0, 0.05) is 23.5 Å². The second-order valence-electron chi connectivity index (χ2n) is 5.65. The number of benzene rings is 2. The van der Waals surface area contributed by atoms with Crippen molar-refractivity contribution in [2.45, 2.75) is 20.4 Å². The van der Waals surface area contributed by atoms with Crippen LogP contribution in [0, 0.1) is 11.3 Å². The second-order valence-corrected chi connectivity index (χ2v) is 5.65. The maximum atomic E-state index is 12.1. The van der Waals surface area contributed by atoms with Gasteiger partial charge in [-0.15, -0.1) is 0 Å². The number of hydrogen-bond acceptors (Lipinski definition) is 4. The maximum absolute atomic E-state index is 12.1. The number of aromatic nitrogens is 1. The first kappa shape index (κ1) is 22.5. The first-order valence-electron chi connectivity index (χ1n) is 8.74. The molecule has 1 heterocycles. The van der Waals surface area contributed by atoms with Crippen LogP contribution in [0.15, 0.2) is 65.6 Å². The number of nitrogens with two attached hydrogens (primary N) is 1. The van der Waals surface area contributed by atoms with Crippen LogP contribution in [-0.2, 0) is 6.54 Å². The molecule has 0 bridgehead atoms. The largest absolute Gasteiger partial charge is 0.496 e. The van der Waals surface area contributed by atoms with Crippen molar-refractivity contribution in [2.75, 3.05) is 12.8 Å². The van der Waals surface area contributed by atoms with E-state index < -0.39 is 0 Å². The van der Waals surface area contributed by atoms with Gasteiger partial charge in [-0.2, -0.15) is 5.26 Å². The van der Waals surface area contributed by atoms with Crippen molar-refractivity contribution in [3.63, 3.8) is 0 Å². The fourth-order valence-corrected chi connectivity index (χ4v) is 2.69. The average Bonchev–Trinajstić information content (AvgIpc) is 2.71. The number of ether oxygens (including phenoxy) is 1. The Morgan fingerprint density at radius 1 is 1.11 bits per heavy atom. The summed E-state index contributed by atoms with van der Waals surface area (Å²) in [5.41, 5.74) is 9.52. The molecule has 3 rings (SSSR count). The van der Waals surface area contributed by atoms with Gasteiger partial charge in [-0.25, -0.2) is 0 Å². The lowest BCUT2D eigenvalue weighted by atomic mass is 10.0. The van der Waals surface area contributed by atoms with Gasteiger partial charge in [0.2, 0.25) is 0 Å². The summed E-state index contributed by atoms with van der Waals surface area (Å²) >= 11 is 0. The SMILES string of the molecule is CC.COc1ccc(Cn2ccc(C#N)cc2=O)cc1-c1cccc(N)c1.O. The predicted molar refractivity (Wildman–Crippen MR) is 112 cm³/mol. The van der Waals surface area contributed by atoms with Crippen molar-refractivity contribution in [3.8, 4) is 22.9 Å². The molecule has 146 valence electrons. The van der Waals surface area contributed by atoms with E-state index >= 15 is 0 Å². The molecule has 0 saturated carbocycles. The van der Waals surface area contributed by atoms with E-state index in [-0.39, 0.29) is 11.0 Å². The lowest BCUT2D eigenvalue weighted by Crippen LogP contribution is -2.19. The summed E-state index contributed by atoms with van der Waals surface area (Å²) < 4.78 is 7.01. The van der Waals surface area contributed by atoms with Crippen LogP contribution in [0.25, 0.3) is 11.1 Å². The van der Waals surface area contributed by atoms with Crippen LogP contribution in [-0.4, -0.2) is 17.2 Å². The molecule has 0 unspecified atom stereocenters. The van der Waals surface area contributed by atoms with Crippen molar-refractivity contribution in [1.29, 1.82) is 5.26 Å². The van der Waals surface area contributed by atoms with Gasteiger partial charge >= 0.3 is 0 Å². The molecule has 0 radical (unpaired) electrons. The van der Waals surface area contributed by atoms with Gasteiger partial charge in [0.05, 0.1) is 25.3 Å². The van der Waals surface area contributed by atoms with E-state index in [4.69, 9.17) is 15.7 Å². The van der Waals surface area contributed by atoms with Gasteiger partial charge in [0.1, 0.15) is 5.75 Å². The summed E-state index contributed by atoms with van der Waals surface area (Å²) in [7, 11) is 1.62. The topological polar surface area (TPSA) is 113 Å². The number of methoxy groups -OCH3 is 1. The minimum atomic E-state index is -0.208. The molecule has 6 heteroatoms. The summed E-state index contributed by atoms with van der Waals surface area (Å²) in [6, 6.07) is 18.3. The predicted octanol–water partition coefficient (Wildman–Crippen LogP) is 3.23. The first-order valence-corrected chi connectivity index (χ1v) is 8.74. The van der Waals surface area contributed by atoms with E-state index in [0.717, 1.165) is 22.4 Å². The van der Waals surface area contributed by atoms with Gasteiger partial charge in [-0.1, -0.05) is 32.0 Å². The molecule has 6 nitrogen and oxygen atoms in total. The Hall–Kier alpha value is -3.56. The Morgan fingerprint density at radius 2 is 1.86 bits per heavy atom. The maximum Gasteiger partial charge on any atom is 0.252 e. The fraction of sp³-hybridized carbons (Fsp3) is 0.182. The molecule has 0 spiro atoms. The van der Waals surface area contributed by atoms with Crippen molar-refractivity contribution < 1.29 is 10.2 Å². The van der Waals surface area contributed by atoms with Crippen molar-refractivity contribution >= 4 is 5.69 Å². The summed E-state index contributed by atoms with van der Waals surface area (Å²) in [6.07, 6.45) is 1.63. The number of pyridine rings is 1. The van der Waals surface area contributed by atoms with Crippen LogP contribution in [0.5, 0.6) is 5.75 Å². The van der Waals surface area contributed by atoms with Gasteiger partial charge in [-0.3, -0.25) is 4.79 Å². The zero-order valence-electron chi connectivity index (χ0n) is 16.3. The molecule has 28 heavy (non-hydrogen) atoms. The van der Waals surface area contributed by atoms with E-state index in [0.29, 0.717) is 17.8 Å². The number of anilines is 1. The van der Waals surface area contributed by atoms with Crippen LogP contribution in [0.1, 0.15) is 25.0 Å². The Kier molecular flexibility index (Phi) is 8.47. The summed E-state index contributed by atoms with van der Waals surface area (Å²) in [5.74, 6) is 0.738. The average molecular weight is 379 g/mol. The van der Waals surface area contributed by atoms with Gasteiger partial charge in [0.15, 0.2) is 0 Å². The quantitative estimate of drug-likeness (QED) is 0.701. The van der Waals surface area contributed by atoms with E-state index in [9.17, 15) is 4.79 Å². The summed E-state index contributed by atoms with van der Waals surface area (Å²) in [5, 5.41) is 8.86. The molecular formula is C22H25N3O3. The molecule has 0 fully saturated rings. The Labute approximate surface area is 164 Å². The van der Waals surface area contributed by atoms with Crippen molar-refractivity contribution in [3.05, 3.63) is 82.3 Å². The molecule has 1 aromatic heterocycles. The highest BCUT2D eigenvalue weighted by Gasteiger charge is 2.09. The third-order valence-corrected chi connectivity index (χ3v) is 3.94. The van der Waals surface area contributed by atoms with Crippen LogP contribution in [0.3, 0.4) is 0 Å². The van der Waals surface area contributed by atoms with Crippen molar-refractivity contribution in [1.82, 2.24) is 4.57 Å². The molecule has 2 aromatic carbocycles. The van der Waals surface area contributed by atoms with Gasteiger partial charge in [0.25, 0.3) is 5.56 Å². The van der Waals surface area contributed by atoms with Crippen LogP contribution in [0.4, 0.5) is 5.69 Å². The molecule has 0 aliphatic carbocycles. The lowest BCUT2D eigenvalue weighted by molar-refractivity contribution is 0.416. The monoisotopic (exact) mass is 379 g/mol. The fourth-order valence-electron chi connectivity index (χ4n) is 2.69. The minimum Gasteiger partial charge on any atom is -0.496 e. The second kappa shape index (κ2) is 10.6. The standard InChI is InChI=1S/C20H17N3O2.C2H6.H2O/c1-25-19-6-5-15(9-18(19)16-3-2-4-17(22)11-16)13-23-8-7-14(12-21)10-20(23)24;1-2;/h2-11H,13,22H2,1H3;1-2H3;1H2. The van der Waals surface area contributed by atoms with E-state index in [1.54, 1.807) is 23.9 Å². The summed E-state index contributed by atoms with van der Waals surface area (Å²) in [6.45, 7) is 4.41. The van der Waals surface area contributed by atoms with Crippen LogP contribution < -0.4 is 16.0 Å². The molecule has 0 saturated heterocycles. The number of hydrogen-bond donors (Lipinski definition) is 1. The summed E-state index contributed by atoms with van der Waals surface area (Å²) in [4.78, 5) is 12.1. The Bertz CT molecular complexity index is 1020. The van der Waals surface area contributed by atoms with E-state index in [2.05, 4.69) is 0 Å². The van der Waals surface area contributed by atoms with Crippen LogP contribution in [0.2, 0.25) is 0 Å². The number of nitriles is 1. The third-order valence-electron chi connectivity index (χ3n) is 3.94.